The van der Waals surface area contributed by atoms with E-state index < -0.39 is 29.5 Å². The van der Waals surface area contributed by atoms with E-state index >= 15 is 0 Å². The topological polar surface area (TPSA) is 116 Å². The Kier molecular flexibility index (Phi) is 8.40. The summed E-state index contributed by atoms with van der Waals surface area (Å²) >= 11 is 0. The number of halogens is 4. The lowest BCUT2D eigenvalue weighted by Gasteiger charge is -2.41. The van der Waals surface area contributed by atoms with Crippen LogP contribution in [0.1, 0.15) is 67.9 Å². The monoisotopic (exact) mass is 561 g/mol. The minimum absolute atomic E-state index is 0.0252. The van der Waals surface area contributed by atoms with E-state index in [0.29, 0.717) is 23.6 Å². The van der Waals surface area contributed by atoms with E-state index in [0.717, 1.165) is 37.3 Å². The van der Waals surface area contributed by atoms with Gasteiger partial charge in [-0.3, -0.25) is 10.1 Å². The van der Waals surface area contributed by atoms with Crippen LogP contribution < -0.4 is 10.6 Å². The average molecular weight is 562 g/mol. The number of hydrogen-bond donors (Lipinski definition) is 3. The Morgan fingerprint density at radius 2 is 1.68 bits per heavy atom. The van der Waals surface area contributed by atoms with Gasteiger partial charge in [0.25, 0.3) is 11.9 Å². The first kappa shape index (κ1) is 29.0. The van der Waals surface area contributed by atoms with Crippen LogP contribution in [0.2, 0.25) is 0 Å². The van der Waals surface area contributed by atoms with Crippen molar-refractivity contribution in [2.75, 3.05) is 10.6 Å². The van der Waals surface area contributed by atoms with E-state index in [1.807, 2.05) is 0 Å². The van der Waals surface area contributed by atoms with E-state index in [-0.39, 0.29) is 29.6 Å². The molecule has 0 saturated heterocycles. The van der Waals surface area contributed by atoms with E-state index in [1.165, 1.54) is 0 Å². The minimum Gasteiger partial charge on any atom is -0.317 e. The molecule has 1 fully saturated rings. The van der Waals surface area contributed by atoms with E-state index in [2.05, 4.69) is 52.0 Å². The molecule has 1 aliphatic rings. The maximum absolute atomic E-state index is 13.8. The van der Waals surface area contributed by atoms with Gasteiger partial charge in [-0.1, -0.05) is 38.0 Å². The van der Waals surface area contributed by atoms with Gasteiger partial charge in [-0.15, -0.1) is 5.10 Å². The van der Waals surface area contributed by atoms with Gasteiger partial charge >= 0.3 is 12.2 Å². The largest absolute Gasteiger partial charge is 0.419 e. The highest BCUT2D eigenvalue weighted by Crippen LogP contribution is 2.39. The zero-order valence-electron chi connectivity index (χ0n) is 22.3. The Morgan fingerprint density at radius 1 is 1.00 bits per heavy atom. The lowest BCUT2D eigenvalue weighted by Crippen LogP contribution is -2.45. The van der Waals surface area contributed by atoms with Crippen molar-refractivity contribution in [3.8, 4) is 0 Å². The smallest absolute Gasteiger partial charge is 0.317 e. The molecule has 40 heavy (non-hydrogen) atoms. The average Bonchev–Trinajstić information content (AvgIpc) is 3.40. The van der Waals surface area contributed by atoms with Crippen LogP contribution in [0.5, 0.6) is 0 Å². The summed E-state index contributed by atoms with van der Waals surface area (Å²) in [6, 6.07) is 8.24. The SMILES string of the molecule is CC(C)(C)C1CCC(N(Cc2ccc(C(=O)Nc3nn[nH]n3)cc2)C(=O)Nc2ccc(F)c(C(F)(F)F)c2)CC1. The maximum Gasteiger partial charge on any atom is 0.419 e. The molecule has 0 atom stereocenters. The van der Waals surface area contributed by atoms with Crippen molar-refractivity contribution in [2.24, 2.45) is 11.3 Å². The number of anilines is 2. The number of carbonyl (C=O) groups excluding carboxylic acids is 2. The summed E-state index contributed by atoms with van der Waals surface area (Å²) in [6.45, 7) is 6.72. The summed E-state index contributed by atoms with van der Waals surface area (Å²) < 4.78 is 53.5. The number of H-pyrrole nitrogens is 1. The van der Waals surface area contributed by atoms with Crippen molar-refractivity contribution in [1.82, 2.24) is 25.5 Å². The molecule has 0 unspecified atom stereocenters. The van der Waals surface area contributed by atoms with Crippen molar-refractivity contribution in [3.05, 3.63) is 65.0 Å². The summed E-state index contributed by atoms with van der Waals surface area (Å²) in [5.41, 5.74) is -0.420. The number of hydrogen-bond acceptors (Lipinski definition) is 5. The van der Waals surface area contributed by atoms with Gasteiger partial charge in [0.1, 0.15) is 5.82 Å². The lowest BCUT2D eigenvalue weighted by molar-refractivity contribution is -0.139. The molecule has 4 rings (SSSR count). The molecule has 0 radical (unpaired) electrons. The Morgan fingerprint density at radius 3 is 2.25 bits per heavy atom. The highest BCUT2D eigenvalue weighted by atomic mass is 19.4. The van der Waals surface area contributed by atoms with Crippen LogP contribution >= 0.6 is 0 Å². The number of tetrazole rings is 1. The second-order valence-electron chi connectivity index (χ2n) is 11.0. The second kappa shape index (κ2) is 11.6. The predicted octanol–water partition coefficient (Wildman–Crippen LogP) is 6.25. The van der Waals surface area contributed by atoms with Gasteiger partial charge in [0.2, 0.25) is 0 Å². The zero-order valence-corrected chi connectivity index (χ0v) is 22.3. The number of carbonyl (C=O) groups is 2. The quantitative estimate of drug-likeness (QED) is 0.308. The summed E-state index contributed by atoms with van der Waals surface area (Å²) in [5.74, 6) is -1.35. The number of aromatic amines is 1. The van der Waals surface area contributed by atoms with Crippen molar-refractivity contribution >= 4 is 23.6 Å². The fraction of sp³-hybridized carbons (Fsp3) is 0.444. The molecule has 1 heterocycles. The van der Waals surface area contributed by atoms with Gasteiger partial charge in [-0.25, -0.2) is 9.18 Å². The van der Waals surface area contributed by atoms with Crippen molar-refractivity contribution in [1.29, 1.82) is 0 Å². The summed E-state index contributed by atoms with van der Waals surface area (Å²) in [6.07, 6.45) is -1.62. The lowest BCUT2D eigenvalue weighted by atomic mass is 9.71. The van der Waals surface area contributed by atoms with Gasteiger partial charge in [-0.2, -0.15) is 18.4 Å². The Balaban J connectivity index is 1.52. The Bertz CT molecular complexity index is 1310. The highest BCUT2D eigenvalue weighted by Gasteiger charge is 2.36. The molecule has 13 heteroatoms. The van der Waals surface area contributed by atoms with Gasteiger partial charge in [0, 0.05) is 23.8 Å². The van der Waals surface area contributed by atoms with Gasteiger partial charge in [0.05, 0.1) is 5.56 Å². The fourth-order valence-electron chi connectivity index (χ4n) is 4.98. The van der Waals surface area contributed by atoms with Crippen LogP contribution in [0.25, 0.3) is 0 Å². The van der Waals surface area contributed by atoms with Gasteiger partial charge < -0.3 is 10.2 Å². The van der Waals surface area contributed by atoms with E-state index in [1.54, 1.807) is 29.2 Å². The van der Waals surface area contributed by atoms with Crippen LogP contribution in [0.15, 0.2) is 42.5 Å². The number of benzene rings is 2. The Labute approximate surface area is 228 Å². The number of alkyl halides is 3. The molecule has 2 aromatic carbocycles. The van der Waals surface area contributed by atoms with Crippen LogP contribution in [-0.2, 0) is 12.7 Å². The number of aromatic nitrogens is 4. The molecular formula is C27H31F4N7O2. The number of rotatable bonds is 6. The van der Waals surface area contributed by atoms with Crippen LogP contribution in [0.4, 0.5) is 34.0 Å². The summed E-state index contributed by atoms with van der Waals surface area (Å²) in [7, 11) is 0. The number of nitrogens with zero attached hydrogens (tertiary/aromatic N) is 4. The van der Waals surface area contributed by atoms with Gasteiger partial charge in [0.15, 0.2) is 0 Å². The first-order chi connectivity index (χ1) is 18.8. The first-order valence-electron chi connectivity index (χ1n) is 12.9. The third-order valence-electron chi connectivity index (χ3n) is 7.29. The maximum atomic E-state index is 13.8. The molecule has 1 aromatic heterocycles. The molecule has 9 nitrogen and oxygen atoms in total. The normalized spacial score (nSPS) is 17.8. The number of amides is 3. The molecule has 3 N–H and O–H groups in total. The zero-order chi connectivity index (χ0) is 29.1. The van der Waals surface area contributed by atoms with Crippen LogP contribution in [0.3, 0.4) is 0 Å². The molecule has 3 amide bonds. The molecular weight excluding hydrogens is 530 g/mol. The standard InChI is InChI=1S/C27H31F4N7O2/c1-26(2,3)18-8-11-20(12-9-18)38(25(40)32-19-10-13-22(28)21(14-19)27(29,30)31)15-16-4-6-17(7-5-16)23(39)33-24-34-36-37-35-24/h4-7,10,13-14,18,20H,8-9,11-12,15H2,1-3H3,(H,32,40)(H2,33,34,35,36,37,39). The molecule has 214 valence electrons. The highest BCUT2D eigenvalue weighted by molar-refractivity contribution is 6.03. The molecule has 1 aliphatic carbocycles. The summed E-state index contributed by atoms with van der Waals surface area (Å²) in [4.78, 5) is 27.5. The third-order valence-corrected chi connectivity index (χ3v) is 7.29. The van der Waals surface area contributed by atoms with Crippen LogP contribution in [0, 0.1) is 17.2 Å². The minimum atomic E-state index is -4.90. The van der Waals surface area contributed by atoms with Crippen molar-refractivity contribution in [3.63, 3.8) is 0 Å². The third kappa shape index (κ3) is 7.13. The summed E-state index contributed by atoms with van der Waals surface area (Å²) in [5, 5.41) is 18.0. The fourth-order valence-corrected chi connectivity index (χ4v) is 4.98. The van der Waals surface area contributed by atoms with Crippen molar-refractivity contribution < 1.29 is 27.2 Å². The predicted molar refractivity (Wildman–Crippen MR) is 140 cm³/mol. The molecule has 0 bridgehead atoms. The Hall–Kier alpha value is -4.03. The van der Waals surface area contributed by atoms with Crippen molar-refractivity contribution in [2.45, 2.75) is 65.2 Å². The second-order valence-corrected chi connectivity index (χ2v) is 11.0. The molecule has 3 aromatic rings. The molecule has 0 aliphatic heterocycles. The van der Waals surface area contributed by atoms with E-state index in [4.69, 9.17) is 0 Å². The number of nitrogens with one attached hydrogen (secondary N) is 3. The first-order valence-corrected chi connectivity index (χ1v) is 12.9. The van der Waals surface area contributed by atoms with Gasteiger partial charge in [-0.05, 0) is 78.1 Å². The molecule has 0 spiro atoms. The number of urea groups is 1. The molecule has 1 saturated carbocycles. The van der Waals surface area contributed by atoms with E-state index in [9.17, 15) is 27.2 Å². The van der Waals surface area contributed by atoms with Crippen LogP contribution in [-0.4, -0.2) is 43.5 Å².